The minimum atomic E-state index is 0.175. The molecule has 0 aliphatic carbocycles. The largest absolute Gasteiger partial charge is 0.472 e. The normalized spacial score (nSPS) is 10.5. The van der Waals surface area contributed by atoms with Gasteiger partial charge in [-0.2, -0.15) is 0 Å². The first-order chi connectivity index (χ1) is 6.27. The molecule has 0 fully saturated rings. The van der Waals surface area contributed by atoms with Gasteiger partial charge in [-0.15, -0.1) is 0 Å². The molecule has 0 amide bonds. The standard InChI is InChI=1S/C9H13ClN2O/c1-3-7(4-2)13-9-8(10)11-5-6-12-9/h5-7H,3-4H2,1-2H3. The van der Waals surface area contributed by atoms with Crippen LogP contribution in [0.3, 0.4) is 0 Å². The molecule has 0 aliphatic heterocycles. The Morgan fingerprint density at radius 1 is 1.31 bits per heavy atom. The van der Waals surface area contributed by atoms with Crippen molar-refractivity contribution in [2.45, 2.75) is 32.8 Å². The summed E-state index contributed by atoms with van der Waals surface area (Å²) in [6, 6.07) is 0. The van der Waals surface area contributed by atoms with Crippen LogP contribution < -0.4 is 4.74 Å². The van der Waals surface area contributed by atoms with E-state index in [-0.39, 0.29) is 6.10 Å². The molecule has 0 radical (unpaired) electrons. The first-order valence-electron chi connectivity index (χ1n) is 4.41. The van der Waals surface area contributed by atoms with E-state index < -0.39 is 0 Å². The van der Waals surface area contributed by atoms with Crippen molar-refractivity contribution in [3.63, 3.8) is 0 Å². The van der Waals surface area contributed by atoms with Crippen LogP contribution in [0.1, 0.15) is 26.7 Å². The molecule has 0 unspecified atom stereocenters. The van der Waals surface area contributed by atoms with Crippen molar-refractivity contribution in [2.75, 3.05) is 0 Å². The Morgan fingerprint density at radius 2 is 1.92 bits per heavy atom. The molecular weight excluding hydrogens is 188 g/mol. The fourth-order valence-corrected chi connectivity index (χ4v) is 1.15. The zero-order chi connectivity index (χ0) is 9.68. The van der Waals surface area contributed by atoms with Crippen molar-refractivity contribution in [1.29, 1.82) is 0 Å². The van der Waals surface area contributed by atoms with E-state index in [0.717, 1.165) is 12.8 Å². The highest BCUT2D eigenvalue weighted by atomic mass is 35.5. The van der Waals surface area contributed by atoms with Crippen LogP contribution in [0, 0.1) is 0 Å². The number of hydrogen-bond donors (Lipinski definition) is 0. The Balaban J connectivity index is 2.67. The summed E-state index contributed by atoms with van der Waals surface area (Å²) < 4.78 is 5.54. The Hall–Kier alpha value is -0.830. The quantitative estimate of drug-likeness (QED) is 0.750. The molecule has 0 bridgehead atoms. The maximum Gasteiger partial charge on any atom is 0.252 e. The summed E-state index contributed by atoms with van der Waals surface area (Å²) in [7, 11) is 0. The summed E-state index contributed by atoms with van der Waals surface area (Å²) in [6.07, 6.45) is 5.19. The third-order valence-electron chi connectivity index (χ3n) is 1.81. The lowest BCUT2D eigenvalue weighted by Crippen LogP contribution is -2.14. The van der Waals surface area contributed by atoms with E-state index in [2.05, 4.69) is 23.8 Å². The molecule has 0 aliphatic rings. The van der Waals surface area contributed by atoms with Crippen LogP contribution in [0.4, 0.5) is 0 Å². The molecule has 0 atom stereocenters. The van der Waals surface area contributed by atoms with Crippen molar-refractivity contribution < 1.29 is 4.74 Å². The van der Waals surface area contributed by atoms with Crippen molar-refractivity contribution >= 4 is 11.6 Å². The smallest absolute Gasteiger partial charge is 0.252 e. The molecule has 1 rings (SSSR count). The lowest BCUT2D eigenvalue weighted by atomic mass is 10.2. The Labute approximate surface area is 83.1 Å². The highest BCUT2D eigenvalue weighted by Crippen LogP contribution is 2.19. The molecule has 0 spiro atoms. The Morgan fingerprint density at radius 3 is 2.46 bits per heavy atom. The monoisotopic (exact) mass is 200 g/mol. The van der Waals surface area contributed by atoms with Gasteiger partial charge in [0.1, 0.15) is 6.10 Å². The van der Waals surface area contributed by atoms with Crippen LogP contribution in [0.5, 0.6) is 5.88 Å². The average Bonchev–Trinajstić information content (AvgIpc) is 2.17. The lowest BCUT2D eigenvalue weighted by Gasteiger charge is -2.14. The molecule has 0 saturated heterocycles. The highest BCUT2D eigenvalue weighted by molar-refractivity contribution is 6.30. The maximum atomic E-state index is 5.78. The molecule has 72 valence electrons. The summed E-state index contributed by atoms with van der Waals surface area (Å²) in [4.78, 5) is 7.88. The Kier molecular flexibility index (Phi) is 3.96. The van der Waals surface area contributed by atoms with Gasteiger partial charge in [0, 0.05) is 12.4 Å². The summed E-state index contributed by atoms with van der Waals surface area (Å²) in [6.45, 7) is 4.14. The predicted molar refractivity (Wildman–Crippen MR) is 52.0 cm³/mol. The molecule has 1 aromatic heterocycles. The van der Waals surface area contributed by atoms with E-state index >= 15 is 0 Å². The highest BCUT2D eigenvalue weighted by Gasteiger charge is 2.09. The van der Waals surface area contributed by atoms with Gasteiger partial charge in [0.15, 0.2) is 5.15 Å². The maximum absolute atomic E-state index is 5.78. The van der Waals surface area contributed by atoms with Crippen LogP contribution in [0.15, 0.2) is 12.4 Å². The fraction of sp³-hybridized carbons (Fsp3) is 0.556. The molecule has 1 aromatic rings. The second-order valence-corrected chi connectivity index (χ2v) is 3.07. The van der Waals surface area contributed by atoms with E-state index in [1.54, 1.807) is 12.4 Å². The van der Waals surface area contributed by atoms with E-state index in [1.165, 1.54) is 0 Å². The van der Waals surface area contributed by atoms with Crippen LogP contribution in [0.25, 0.3) is 0 Å². The number of ether oxygens (including phenoxy) is 1. The third-order valence-corrected chi connectivity index (χ3v) is 2.07. The zero-order valence-electron chi connectivity index (χ0n) is 7.83. The molecule has 4 heteroatoms. The lowest BCUT2D eigenvalue weighted by molar-refractivity contribution is 0.184. The van der Waals surface area contributed by atoms with Gasteiger partial charge < -0.3 is 4.74 Å². The van der Waals surface area contributed by atoms with E-state index in [0.29, 0.717) is 11.0 Å². The van der Waals surface area contributed by atoms with Crippen molar-refractivity contribution in [3.8, 4) is 5.88 Å². The van der Waals surface area contributed by atoms with Crippen molar-refractivity contribution in [3.05, 3.63) is 17.5 Å². The predicted octanol–water partition coefficient (Wildman–Crippen LogP) is 2.70. The molecule has 0 saturated carbocycles. The summed E-state index contributed by atoms with van der Waals surface area (Å²) in [5.74, 6) is 0.429. The number of halogens is 1. The average molecular weight is 201 g/mol. The Bertz CT molecular complexity index is 264. The summed E-state index contributed by atoms with van der Waals surface area (Å²) in [5.41, 5.74) is 0. The van der Waals surface area contributed by atoms with Gasteiger partial charge in [0.05, 0.1) is 0 Å². The van der Waals surface area contributed by atoms with Crippen LogP contribution in [0.2, 0.25) is 5.15 Å². The summed E-state index contributed by atoms with van der Waals surface area (Å²) >= 11 is 5.78. The van der Waals surface area contributed by atoms with Crippen LogP contribution in [-0.4, -0.2) is 16.1 Å². The SMILES string of the molecule is CCC(CC)Oc1nccnc1Cl. The number of aromatic nitrogens is 2. The minimum absolute atomic E-state index is 0.175. The number of hydrogen-bond acceptors (Lipinski definition) is 3. The van der Waals surface area contributed by atoms with Gasteiger partial charge in [-0.1, -0.05) is 25.4 Å². The van der Waals surface area contributed by atoms with Gasteiger partial charge in [0.2, 0.25) is 0 Å². The minimum Gasteiger partial charge on any atom is -0.472 e. The van der Waals surface area contributed by atoms with Gasteiger partial charge >= 0.3 is 0 Å². The zero-order valence-corrected chi connectivity index (χ0v) is 8.58. The molecule has 1 heterocycles. The summed E-state index contributed by atoms with van der Waals surface area (Å²) in [5, 5.41) is 0.328. The number of rotatable bonds is 4. The molecule has 0 N–H and O–H groups in total. The van der Waals surface area contributed by atoms with E-state index in [9.17, 15) is 0 Å². The topological polar surface area (TPSA) is 35.0 Å². The molecule has 0 aromatic carbocycles. The van der Waals surface area contributed by atoms with Crippen LogP contribution in [-0.2, 0) is 0 Å². The van der Waals surface area contributed by atoms with Gasteiger partial charge in [-0.25, -0.2) is 9.97 Å². The van der Waals surface area contributed by atoms with E-state index in [4.69, 9.17) is 16.3 Å². The van der Waals surface area contributed by atoms with Crippen LogP contribution >= 0.6 is 11.6 Å². The second kappa shape index (κ2) is 5.02. The molecule has 13 heavy (non-hydrogen) atoms. The fourth-order valence-electron chi connectivity index (χ4n) is 1.00. The van der Waals surface area contributed by atoms with Crippen molar-refractivity contribution in [2.24, 2.45) is 0 Å². The third kappa shape index (κ3) is 2.84. The van der Waals surface area contributed by atoms with E-state index in [1.807, 2.05) is 0 Å². The number of nitrogens with zero attached hydrogens (tertiary/aromatic N) is 2. The second-order valence-electron chi connectivity index (χ2n) is 2.71. The first kappa shape index (κ1) is 10.3. The first-order valence-corrected chi connectivity index (χ1v) is 4.78. The van der Waals surface area contributed by atoms with Gasteiger partial charge in [-0.3, -0.25) is 0 Å². The van der Waals surface area contributed by atoms with Gasteiger partial charge in [0.25, 0.3) is 5.88 Å². The van der Waals surface area contributed by atoms with Crippen molar-refractivity contribution in [1.82, 2.24) is 9.97 Å². The van der Waals surface area contributed by atoms with Gasteiger partial charge in [-0.05, 0) is 12.8 Å². The molecular formula is C9H13ClN2O. The molecule has 3 nitrogen and oxygen atoms in total.